The molecule has 0 amide bonds. The van der Waals surface area contributed by atoms with Gasteiger partial charge in [-0.1, -0.05) is 15.9 Å². The van der Waals surface area contributed by atoms with Crippen molar-refractivity contribution in [3.63, 3.8) is 0 Å². The van der Waals surface area contributed by atoms with Gasteiger partial charge in [-0.2, -0.15) is 0 Å². The highest BCUT2D eigenvalue weighted by Crippen LogP contribution is 2.28. The lowest BCUT2D eigenvalue weighted by molar-refractivity contribution is 0.322. The van der Waals surface area contributed by atoms with Gasteiger partial charge in [-0.25, -0.2) is 4.39 Å². The summed E-state index contributed by atoms with van der Waals surface area (Å²) < 4.78 is 19.5. The fraction of sp³-hybridized carbons (Fsp3) is 0.182. The Balaban J connectivity index is 2.66. The summed E-state index contributed by atoms with van der Waals surface area (Å²) in [7, 11) is 0. The first-order chi connectivity index (χ1) is 7.22. The molecule has 2 nitrogen and oxygen atoms in total. The van der Waals surface area contributed by atoms with E-state index in [1.54, 1.807) is 12.3 Å². The van der Waals surface area contributed by atoms with Crippen LogP contribution in [0, 0.1) is 5.82 Å². The SMILES string of the molecule is CCOc1cc2c(Br)ccnc2cc1F. The Morgan fingerprint density at radius 2 is 2.27 bits per heavy atom. The average Bonchev–Trinajstić information content (AvgIpc) is 2.21. The standard InChI is InChI=1S/C11H9BrFNO/c1-2-15-11-5-7-8(12)3-4-14-10(7)6-9(11)13/h3-6H,2H2,1H3. The molecule has 0 fully saturated rings. The lowest BCUT2D eigenvalue weighted by atomic mass is 10.2. The molecular formula is C11H9BrFNO. The van der Waals surface area contributed by atoms with Gasteiger partial charge in [0.05, 0.1) is 12.1 Å². The third-order valence-electron chi connectivity index (χ3n) is 2.04. The molecule has 2 rings (SSSR count). The number of hydrogen-bond donors (Lipinski definition) is 0. The number of rotatable bonds is 2. The van der Waals surface area contributed by atoms with E-state index in [0.29, 0.717) is 12.1 Å². The molecule has 1 heterocycles. The maximum atomic E-state index is 13.5. The molecule has 15 heavy (non-hydrogen) atoms. The molecule has 0 aliphatic carbocycles. The maximum Gasteiger partial charge on any atom is 0.167 e. The first-order valence-corrected chi connectivity index (χ1v) is 5.38. The van der Waals surface area contributed by atoms with Crippen LogP contribution in [0.2, 0.25) is 0 Å². The Kier molecular flexibility index (Phi) is 2.86. The highest BCUT2D eigenvalue weighted by atomic mass is 79.9. The average molecular weight is 270 g/mol. The zero-order chi connectivity index (χ0) is 10.8. The quantitative estimate of drug-likeness (QED) is 0.832. The van der Waals surface area contributed by atoms with E-state index in [4.69, 9.17) is 4.74 Å². The van der Waals surface area contributed by atoms with Crippen LogP contribution in [0.5, 0.6) is 5.75 Å². The van der Waals surface area contributed by atoms with Gasteiger partial charge >= 0.3 is 0 Å². The van der Waals surface area contributed by atoms with E-state index in [-0.39, 0.29) is 11.6 Å². The van der Waals surface area contributed by atoms with E-state index in [2.05, 4.69) is 20.9 Å². The monoisotopic (exact) mass is 269 g/mol. The molecule has 0 atom stereocenters. The molecule has 0 spiro atoms. The molecule has 0 aliphatic rings. The van der Waals surface area contributed by atoms with Crippen molar-refractivity contribution < 1.29 is 9.13 Å². The molecule has 0 saturated heterocycles. The van der Waals surface area contributed by atoms with E-state index >= 15 is 0 Å². The Labute approximate surface area is 95.2 Å². The van der Waals surface area contributed by atoms with Crippen molar-refractivity contribution in [2.24, 2.45) is 0 Å². The van der Waals surface area contributed by atoms with Gasteiger partial charge in [0.15, 0.2) is 11.6 Å². The fourth-order valence-electron chi connectivity index (χ4n) is 1.38. The van der Waals surface area contributed by atoms with Gasteiger partial charge in [0.1, 0.15) is 0 Å². The number of benzene rings is 1. The van der Waals surface area contributed by atoms with Crippen molar-refractivity contribution in [3.05, 3.63) is 34.7 Å². The number of hydrogen-bond acceptors (Lipinski definition) is 2. The minimum absolute atomic E-state index is 0.263. The smallest absolute Gasteiger partial charge is 0.167 e. The van der Waals surface area contributed by atoms with Crippen LogP contribution in [0.25, 0.3) is 10.9 Å². The number of fused-ring (bicyclic) bond motifs is 1. The van der Waals surface area contributed by atoms with Crippen molar-refractivity contribution in [1.82, 2.24) is 4.98 Å². The summed E-state index contributed by atoms with van der Waals surface area (Å²) in [5, 5.41) is 0.849. The van der Waals surface area contributed by atoms with Crippen molar-refractivity contribution >= 4 is 26.8 Å². The van der Waals surface area contributed by atoms with E-state index < -0.39 is 0 Å². The summed E-state index contributed by atoms with van der Waals surface area (Å²) in [5.41, 5.74) is 0.616. The second-order valence-electron chi connectivity index (χ2n) is 3.03. The van der Waals surface area contributed by atoms with Crippen LogP contribution >= 0.6 is 15.9 Å². The predicted octanol–water partition coefficient (Wildman–Crippen LogP) is 3.54. The third kappa shape index (κ3) is 1.95. The first-order valence-electron chi connectivity index (χ1n) is 4.59. The second kappa shape index (κ2) is 4.14. The normalized spacial score (nSPS) is 10.6. The van der Waals surface area contributed by atoms with E-state index in [1.807, 2.05) is 13.0 Å². The molecule has 1 aromatic carbocycles. The van der Waals surface area contributed by atoms with Crippen molar-refractivity contribution in [2.75, 3.05) is 6.61 Å². The van der Waals surface area contributed by atoms with Crippen LogP contribution < -0.4 is 4.74 Å². The molecule has 0 unspecified atom stereocenters. The van der Waals surface area contributed by atoms with Crippen molar-refractivity contribution in [1.29, 1.82) is 0 Å². The Morgan fingerprint density at radius 3 is 3.00 bits per heavy atom. The molecule has 0 aliphatic heterocycles. The number of nitrogens with zero attached hydrogens (tertiary/aromatic N) is 1. The van der Waals surface area contributed by atoms with Gasteiger partial charge in [0, 0.05) is 22.1 Å². The minimum atomic E-state index is -0.380. The highest BCUT2D eigenvalue weighted by Gasteiger charge is 2.07. The van der Waals surface area contributed by atoms with Gasteiger partial charge < -0.3 is 4.74 Å². The Bertz CT molecular complexity index is 501. The lowest BCUT2D eigenvalue weighted by Crippen LogP contribution is -1.95. The Morgan fingerprint density at radius 1 is 1.47 bits per heavy atom. The van der Waals surface area contributed by atoms with Crippen LogP contribution in [0.3, 0.4) is 0 Å². The number of pyridine rings is 1. The zero-order valence-corrected chi connectivity index (χ0v) is 9.71. The van der Waals surface area contributed by atoms with Crippen LogP contribution in [0.1, 0.15) is 6.92 Å². The lowest BCUT2D eigenvalue weighted by Gasteiger charge is -2.06. The summed E-state index contributed by atoms with van der Waals surface area (Å²) in [6.07, 6.45) is 1.63. The summed E-state index contributed by atoms with van der Waals surface area (Å²) >= 11 is 3.39. The third-order valence-corrected chi connectivity index (χ3v) is 2.73. The molecular weight excluding hydrogens is 261 g/mol. The van der Waals surface area contributed by atoms with Gasteiger partial charge in [0.2, 0.25) is 0 Å². The zero-order valence-electron chi connectivity index (χ0n) is 8.13. The van der Waals surface area contributed by atoms with Crippen molar-refractivity contribution in [2.45, 2.75) is 6.92 Å². The van der Waals surface area contributed by atoms with Gasteiger partial charge in [-0.3, -0.25) is 4.98 Å². The van der Waals surface area contributed by atoms with E-state index in [1.165, 1.54) is 6.07 Å². The fourth-order valence-corrected chi connectivity index (χ4v) is 1.82. The van der Waals surface area contributed by atoms with Crippen LogP contribution in [0.15, 0.2) is 28.9 Å². The van der Waals surface area contributed by atoms with Crippen molar-refractivity contribution in [3.8, 4) is 5.75 Å². The van der Waals surface area contributed by atoms with Crippen LogP contribution in [-0.2, 0) is 0 Å². The van der Waals surface area contributed by atoms with E-state index in [0.717, 1.165) is 9.86 Å². The predicted molar refractivity (Wildman–Crippen MR) is 60.6 cm³/mol. The topological polar surface area (TPSA) is 22.1 Å². The molecule has 0 saturated carbocycles. The maximum absolute atomic E-state index is 13.5. The second-order valence-corrected chi connectivity index (χ2v) is 3.88. The van der Waals surface area contributed by atoms with Gasteiger partial charge in [-0.05, 0) is 19.1 Å². The summed E-state index contributed by atoms with van der Waals surface area (Å²) in [4.78, 5) is 4.08. The highest BCUT2D eigenvalue weighted by molar-refractivity contribution is 9.10. The number of halogens is 2. The molecule has 1 aromatic heterocycles. The number of ether oxygens (including phenoxy) is 1. The van der Waals surface area contributed by atoms with Gasteiger partial charge in [-0.15, -0.1) is 0 Å². The van der Waals surface area contributed by atoms with E-state index in [9.17, 15) is 4.39 Å². The Hall–Kier alpha value is -1.16. The summed E-state index contributed by atoms with van der Waals surface area (Å²) in [5.74, 6) is -0.117. The van der Waals surface area contributed by atoms with Crippen LogP contribution in [-0.4, -0.2) is 11.6 Å². The number of aromatic nitrogens is 1. The molecule has 4 heteroatoms. The first kappa shape index (κ1) is 10.4. The van der Waals surface area contributed by atoms with Gasteiger partial charge in [0.25, 0.3) is 0 Å². The molecule has 0 radical (unpaired) electrons. The largest absolute Gasteiger partial charge is 0.491 e. The molecule has 2 aromatic rings. The molecule has 0 bridgehead atoms. The molecule has 78 valence electrons. The minimum Gasteiger partial charge on any atom is -0.491 e. The summed E-state index contributed by atoms with van der Waals surface area (Å²) in [6.45, 7) is 2.27. The molecule has 0 N–H and O–H groups in total. The summed E-state index contributed by atoms with van der Waals surface area (Å²) in [6, 6.07) is 4.85. The van der Waals surface area contributed by atoms with Crippen LogP contribution in [0.4, 0.5) is 4.39 Å².